The number of rotatable bonds is 5. The van der Waals surface area contributed by atoms with Crippen LogP contribution in [0.1, 0.15) is 46.7 Å². The largest absolute Gasteiger partial charge is 0.338 e. The van der Waals surface area contributed by atoms with Gasteiger partial charge in [0.05, 0.1) is 24.0 Å². The first-order valence-electron chi connectivity index (χ1n) is 9.30. The zero-order chi connectivity index (χ0) is 19.3. The number of amides is 1. The number of hydrogen-bond acceptors (Lipinski definition) is 5. The van der Waals surface area contributed by atoms with Gasteiger partial charge in [-0.05, 0) is 55.8 Å². The maximum atomic E-state index is 12.9. The number of nitrogens with one attached hydrogen (secondary N) is 2. The van der Waals surface area contributed by atoms with Crippen molar-refractivity contribution in [3.05, 3.63) is 76.8 Å². The first-order chi connectivity index (χ1) is 13.7. The SMILES string of the molecule is Cl.Cl.O=C(NC(c1cccc(Cl)c1)c1ccccn1)c1cn(C2CCNCC2)nn1. The molecule has 160 valence electrons. The summed E-state index contributed by atoms with van der Waals surface area (Å²) in [4.78, 5) is 17.3. The molecule has 0 bridgehead atoms. The van der Waals surface area contributed by atoms with Crippen LogP contribution in [0.2, 0.25) is 5.02 Å². The molecule has 1 aliphatic rings. The summed E-state index contributed by atoms with van der Waals surface area (Å²) < 4.78 is 1.80. The first kappa shape index (κ1) is 24.1. The van der Waals surface area contributed by atoms with Gasteiger partial charge in [0.15, 0.2) is 5.69 Å². The molecule has 1 aliphatic heterocycles. The van der Waals surface area contributed by atoms with Gasteiger partial charge in [0.1, 0.15) is 0 Å². The van der Waals surface area contributed by atoms with E-state index in [0.717, 1.165) is 37.2 Å². The Kier molecular flexibility index (Phi) is 9.05. The van der Waals surface area contributed by atoms with Gasteiger partial charge in [0, 0.05) is 11.2 Å². The van der Waals surface area contributed by atoms with E-state index in [0.29, 0.717) is 10.7 Å². The molecular formula is C20H23Cl3N6O. The fraction of sp³-hybridized carbons (Fsp3) is 0.300. The molecule has 4 rings (SSSR count). The Morgan fingerprint density at radius 2 is 1.97 bits per heavy atom. The van der Waals surface area contributed by atoms with Crippen LogP contribution < -0.4 is 10.6 Å². The van der Waals surface area contributed by atoms with Crippen LogP contribution in [-0.4, -0.2) is 39.0 Å². The number of halogens is 3. The fourth-order valence-corrected chi connectivity index (χ4v) is 3.60. The van der Waals surface area contributed by atoms with Gasteiger partial charge in [-0.2, -0.15) is 0 Å². The minimum atomic E-state index is -0.434. The Labute approximate surface area is 192 Å². The quantitative estimate of drug-likeness (QED) is 0.596. The third-order valence-electron chi connectivity index (χ3n) is 4.87. The van der Waals surface area contributed by atoms with Gasteiger partial charge in [0.2, 0.25) is 0 Å². The van der Waals surface area contributed by atoms with Gasteiger partial charge < -0.3 is 10.6 Å². The normalized spacial score (nSPS) is 14.8. The third kappa shape index (κ3) is 5.70. The van der Waals surface area contributed by atoms with Crippen molar-refractivity contribution >= 4 is 42.3 Å². The Morgan fingerprint density at radius 3 is 2.67 bits per heavy atom. The van der Waals surface area contributed by atoms with Crippen molar-refractivity contribution in [1.82, 2.24) is 30.6 Å². The first-order valence-corrected chi connectivity index (χ1v) is 9.68. The van der Waals surface area contributed by atoms with E-state index >= 15 is 0 Å². The molecule has 1 aromatic carbocycles. The summed E-state index contributed by atoms with van der Waals surface area (Å²) in [5.74, 6) is -0.296. The number of piperidine rings is 1. The lowest BCUT2D eigenvalue weighted by molar-refractivity contribution is 0.0937. The fourth-order valence-electron chi connectivity index (χ4n) is 3.40. The molecule has 10 heteroatoms. The van der Waals surface area contributed by atoms with Crippen molar-refractivity contribution in [3.63, 3.8) is 0 Å². The lowest BCUT2D eigenvalue weighted by Gasteiger charge is -2.22. The second kappa shape index (κ2) is 11.3. The summed E-state index contributed by atoms with van der Waals surface area (Å²) in [7, 11) is 0. The van der Waals surface area contributed by atoms with Crippen LogP contribution in [0.25, 0.3) is 0 Å². The van der Waals surface area contributed by atoms with Crippen molar-refractivity contribution in [3.8, 4) is 0 Å². The molecule has 1 amide bonds. The Hall–Kier alpha value is -2.19. The van der Waals surface area contributed by atoms with Crippen molar-refractivity contribution in [2.24, 2.45) is 0 Å². The van der Waals surface area contributed by atoms with E-state index in [1.165, 1.54) is 0 Å². The minimum absolute atomic E-state index is 0. The minimum Gasteiger partial charge on any atom is -0.338 e. The van der Waals surface area contributed by atoms with Crippen molar-refractivity contribution < 1.29 is 4.79 Å². The van der Waals surface area contributed by atoms with E-state index in [9.17, 15) is 4.79 Å². The lowest BCUT2D eigenvalue weighted by Crippen LogP contribution is -2.30. The maximum absolute atomic E-state index is 12.9. The molecule has 3 aromatic rings. The van der Waals surface area contributed by atoms with E-state index in [1.807, 2.05) is 36.4 Å². The number of pyridine rings is 1. The van der Waals surface area contributed by atoms with Crippen molar-refractivity contribution in [1.29, 1.82) is 0 Å². The molecule has 1 saturated heterocycles. The summed E-state index contributed by atoms with van der Waals surface area (Å²) in [6.07, 6.45) is 5.37. The number of benzene rings is 1. The van der Waals surface area contributed by atoms with Gasteiger partial charge in [0.25, 0.3) is 5.91 Å². The topological polar surface area (TPSA) is 84.7 Å². The summed E-state index contributed by atoms with van der Waals surface area (Å²) >= 11 is 6.16. The molecule has 30 heavy (non-hydrogen) atoms. The molecule has 7 nitrogen and oxygen atoms in total. The van der Waals surface area contributed by atoms with Gasteiger partial charge in [-0.1, -0.05) is 35.0 Å². The average molecular weight is 470 g/mol. The summed E-state index contributed by atoms with van der Waals surface area (Å²) in [6.45, 7) is 1.89. The standard InChI is InChI=1S/C20H21ClN6O.2ClH/c21-15-5-3-4-14(12-15)19(17-6-1-2-9-23-17)24-20(28)18-13-27(26-25-18)16-7-10-22-11-8-16;;/h1-6,9,12-13,16,19,22H,7-8,10-11H2,(H,24,28);2*1H. The molecule has 1 atom stereocenters. The average Bonchev–Trinajstić information content (AvgIpc) is 3.24. The monoisotopic (exact) mass is 468 g/mol. The highest BCUT2D eigenvalue weighted by molar-refractivity contribution is 6.30. The van der Waals surface area contributed by atoms with Gasteiger partial charge in [-0.3, -0.25) is 9.78 Å². The Balaban J connectivity index is 0.00000160. The van der Waals surface area contributed by atoms with Crippen LogP contribution >= 0.6 is 36.4 Å². The van der Waals surface area contributed by atoms with E-state index in [-0.39, 0.29) is 36.8 Å². The molecule has 1 unspecified atom stereocenters. The highest BCUT2D eigenvalue weighted by atomic mass is 35.5. The van der Waals surface area contributed by atoms with E-state index < -0.39 is 6.04 Å². The molecule has 0 saturated carbocycles. The summed E-state index contributed by atoms with van der Waals surface area (Å²) in [5.41, 5.74) is 1.87. The second-order valence-corrected chi connectivity index (χ2v) is 7.22. The molecule has 2 N–H and O–H groups in total. The smallest absolute Gasteiger partial charge is 0.274 e. The summed E-state index contributed by atoms with van der Waals surface area (Å²) in [6, 6.07) is 12.8. The van der Waals surface area contributed by atoms with E-state index in [4.69, 9.17) is 11.6 Å². The lowest BCUT2D eigenvalue weighted by atomic mass is 10.0. The molecule has 0 aliphatic carbocycles. The van der Waals surface area contributed by atoms with Crippen LogP contribution in [0, 0.1) is 0 Å². The van der Waals surface area contributed by atoms with Crippen LogP contribution in [0.5, 0.6) is 0 Å². The van der Waals surface area contributed by atoms with Crippen LogP contribution in [0.15, 0.2) is 54.9 Å². The number of nitrogens with zero attached hydrogens (tertiary/aromatic N) is 4. The molecule has 3 heterocycles. The Morgan fingerprint density at radius 1 is 1.17 bits per heavy atom. The Bertz CT molecular complexity index is 946. The highest BCUT2D eigenvalue weighted by Crippen LogP contribution is 2.24. The van der Waals surface area contributed by atoms with E-state index in [1.54, 1.807) is 23.1 Å². The maximum Gasteiger partial charge on any atom is 0.274 e. The summed E-state index contributed by atoms with van der Waals surface area (Å²) in [5, 5.41) is 15.2. The third-order valence-corrected chi connectivity index (χ3v) is 5.10. The molecule has 2 aromatic heterocycles. The molecule has 0 radical (unpaired) electrons. The second-order valence-electron chi connectivity index (χ2n) is 6.78. The van der Waals surface area contributed by atoms with E-state index in [2.05, 4.69) is 25.9 Å². The van der Waals surface area contributed by atoms with Crippen LogP contribution in [-0.2, 0) is 0 Å². The highest BCUT2D eigenvalue weighted by Gasteiger charge is 2.23. The molecule has 0 spiro atoms. The van der Waals surface area contributed by atoms with Gasteiger partial charge >= 0.3 is 0 Å². The van der Waals surface area contributed by atoms with Crippen LogP contribution in [0.3, 0.4) is 0 Å². The molecule has 1 fully saturated rings. The number of carbonyl (C=O) groups excluding carboxylic acids is 1. The zero-order valence-electron chi connectivity index (χ0n) is 16.1. The van der Waals surface area contributed by atoms with Crippen molar-refractivity contribution in [2.75, 3.05) is 13.1 Å². The van der Waals surface area contributed by atoms with Gasteiger partial charge in [-0.25, -0.2) is 4.68 Å². The predicted octanol–water partition coefficient (Wildman–Crippen LogP) is 3.61. The number of aromatic nitrogens is 4. The van der Waals surface area contributed by atoms with Crippen molar-refractivity contribution in [2.45, 2.75) is 24.9 Å². The zero-order valence-corrected chi connectivity index (χ0v) is 18.5. The number of carbonyl (C=O) groups is 1. The predicted molar refractivity (Wildman–Crippen MR) is 121 cm³/mol. The van der Waals surface area contributed by atoms with Gasteiger partial charge in [-0.15, -0.1) is 29.9 Å². The molecular weight excluding hydrogens is 447 g/mol. The van der Waals surface area contributed by atoms with Crippen LogP contribution in [0.4, 0.5) is 0 Å². The number of hydrogen-bond donors (Lipinski definition) is 2.